The minimum Gasteiger partial charge on any atom is -0.343 e. The second-order valence-corrected chi connectivity index (χ2v) is 5.94. The third kappa shape index (κ3) is 2.13. The highest BCUT2D eigenvalue weighted by atomic mass is 16.2. The van der Waals surface area contributed by atoms with Crippen molar-refractivity contribution in [3.8, 4) is 0 Å². The maximum absolute atomic E-state index is 12.6. The lowest BCUT2D eigenvalue weighted by Gasteiger charge is -2.47. The maximum Gasteiger partial charge on any atom is 0.246 e. The first kappa shape index (κ1) is 13.4. The molecule has 1 N–H and O–H groups in total. The number of carbonyl (C=O) groups excluding carboxylic acids is 2. The van der Waals surface area contributed by atoms with E-state index in [0.29, 0.717) is 0 Å². The Morgan fingerprint density at radius 2 is 1.94 bits per heavy atom. The number of rotatable bonds is 3. The van der Waals surface area contributed by atoms with Crippen molar-refractivity contribution < 1.29 is 9.59 Å². The molecule has 0 bridgehead atoms. The first-order chi connectivity index (χ1) is 8.49. The molecular weight excluding hydrogens is 228 g/mol. The van der Waals surface area contributed by atoms with Gasteiger partial charge in [0.25, 0.3) is 0 Å². The van der Waals surface area contributed by atoms with E-state index in [0.717, 1.165) is 38.5 Å². The molecule has 2 aliphatic rings. The normalized spacial score (nSPS) is 31.6. The molecule has 2 rings (SSSR count). The van der Waals surface area contributed by atoms with Crippen molar-refractivity contribution in [3.05, 3.63) is 0 Å². The molecule has 2 unspecified atom stereocenters. The number of piperazine rings is 1. The quantitative estimate of drug-likeness (QED) is 0.833. The predicted octanol–water partition coefficient (Wildman–Crippen LogP) is 1.83. The minimum absolute atomic E-state index is 0.00109. The van der Waals surface area contributed by atoms with Crippen LogP contribution in [-0.2, 0) is 9.59 Å². The van der Waals surface area contributed by atoms with Crippen molar-refractivity contribution in [1.82, 2.24) is 10.2 Å². The molecule has 1 aliphatic carbocycles. The lowest BCUT2D eigenvalue weighted by Crippen LogP contribution is -2.67. The molecule has 4 nitrogen and oxygen atoms in total. The summed E-state index contributed by atoms with van der Waals surface area (Å²) in [5.74, 6) is 0.120. The summed E-state index contributed by atoms with van der Waals surface area (Å²) in [6.07, 6.45) is 6.02. The van der Waals surface area contributed by atoms with E-state index in [2.05, 4.69) is 12.2 Å². The Balaban J connectivity index is 2.24. The van der Waals surface area contributed by atoms with Gasteiger partial charge < -0.3 is 10.2 Å². The van der Waals surface area contributed by atoms with E-state index in [1.807, 2.05) is 18.7 Å². The molecule has 1 saturated heterocycles. The van der Waals surface area contributed by atoms with E-state index in [1.54, 1.807) is 0 Å². The van der Waals surface area contributed by atoms with Crippen molar-refractivity contribution >= 4 is 11.8 Å². The maximum atomic E-state index is 12.6. The highest BCUT2D eigenvalue weighted by Crippen LogP contribution is 2.37. The molecule has 0 aromatic rings. The molecule has 2 amide bonds. The van der Waals surface area contributed by atoms with Gasteiger partial charge in [0, 0.05) is 5.54 Å². The van der Waals surface area contributed by atoms with Gasteiger partial charge in [-0.15, -0.1) is 0 Å². The molecule has 0 aromatic heterocycles. The molecule has 0 spiro atoms. The number of nitrogens with zero attached hydrogens (tertiary/aromatic N) is 1. The van der Waals surface area contributed by atoms with Gasteiger partial charge in [0.2, 0.25) is 11.8 Å². The van der Waals surface area contributed by atoms with E-state index in [9.17, 15) is 9.59 Å². The Kier molecular flexibility index (Phi) is 3.64. The lowest BCUT2D eigenvalue weighted by atomic mass is 9.91. The van der Waals surface area contributed by atoms with E-state index in [-0.39, 0.29) is 29.4 Å². The zero-order valence-electron chi connectivity index (χ0n) is 11.7. The topological polar surface area (TPSA) is 49.4 Å². The summed E-state index contributed by atoms with van der Waals surface area (Å²) in [5.41, 5.74) is -0.111. The molecule has 2 fully saturated rings. The number of carbonyl (C=O) groups is 2. The van der Waals surface area contributed by atoms with Crippen LogP contribution < -0.4 is 5.32 Å². The van der Waals surface area contributed by atoms with Crippen LogP contribution in [0.15, 0.2) is 0 Å². The Hall–Kier alpha value is -1.06. The molecule has 1 heterocycles. The second kappa shape index (κ2) is 4.90. The van der Waals surface area contributed by atoms with Crippen LogP contribution in [0.3, 0.4) is 0 Å². The summed E-state index contributed by atoms with van der Waals surface area (Å²) in [6, 6.07) is -0.634. The summed E-state index contributed by atoms with van der Waals surface area (Å²) >= 11 is 0. The fraction of sp³-hybridized carbons (Fsp3) is 0.857. The molecule has 102 valence electrons. The van der Waals surface area contributed by atoms with Gasteiger partial charge in [-0.05, 0) is 33.1 Å². The fourth-order valence-corrected chi connectivity index (χ4v) is 3.43. The van der Waals surface area contributed by atoms with Gasteiger partial charge in [0.1, 0.15) is 12.1 Å². The Bertz CT molecular complexity index is 348. The van der Waals surface area contributed by atoms with E-state index < -0.39 is 0 Å². The molecule has 1 saturated carbocycles. The van der Waals surface area contributed by atoms with Crippen molar-refractivity contribution in [3.63, 3.8) is 0 Å². The monoisotopic (exact) mass is 252 g/mol. The van der Waals surface area contributed by atoms with E-state index >= 15 is 0 Å². The summed E-state index contributed by atoms with van der Waals surface area (Å²) < 4.78 is 0. The first-order valence-corrected chi connectivity index (χ1v) is 7.13. The third-order valence-electron chi connectivity index (χ3n) is 4.46. The van der Waals surface area contributed by atoms with Crippen molar-refractivity contribution in [2.45, 2.75) is 76.9 Å². The van der Waals surface area contributed by atoms with Crippen LogP contribution >= 0.6 is 0 Å². The molecular formula is C14H24N2O2. The molecule has 4 heteroatoms. The van der Waals surface area contributed by atoms with Gasteiger partial charge in [0.15, 0.2) is 0 Å². The summed E-state index contributed by atoms with van der Waals surface area (Å²) in [4.78, 5) is 26.5. The summed E-state index contributed by atoms with van der Waals surface area (Å²) in [6.45, 7) is 6.02. The molecule has 1 aliphatic heterocycles. The average molecular weight is 252 g/mol. The van der Waals surface area contributed by atoms with Gasteiger partial charge in [-0.25, -0.2) is 0 Å². The van der Waals surface area contributed by atoms with Crippen LogP contribution in [-0.4, -0.2) is 34.3 Å². The molecule has 0 radical (unpaired) electrons. The largest absolute Gasteiger partial charge is 0.343 e. The number of amides is 2. The van der Waals surface area contributed by atoms with Gasteiger partial charge >= 0.3 is 0 Å². The van der Waals surface area contributed by atoms with Crippen LogP contribution in [0.4, 0.5) is 0 Å². The van der Waals surface area contributed by atoms with Gasteiger partial charge in [-0.2, -0.15) is 0 Å². The second-order valence-electron chi connectivity index (χ2n) is 5.94. The SMILES string of the molecule is CCCC1NC(=O)C(C)N(C2(C)CCCC2)C1=O. The van der Waals surface area contributed by atoms with Gasteiger partial charge in [0.05, 0.1) is 0 Å². The number of hydrogen-bond donors (Lipinski definition) is 1. The van der Waals surface area contributed by atoms with Gasteiger partial charge in [-0.3, -0.25) is 9.59 Å². The summed E-state index contributed by atoms with van der Waals surface area (Å²) in [7, 11) is 0. The lowest BCUT2D eigenvalue weighted by molar-refractivity contribution is -0.155. The third-order valence-corrected chi connectivity index (χ3v) is 4.46. The van der Waals surface area contributed by atoms with Crippen LogP contribution in [0.1, 0.15) is 59.3 Å². The number of hydrogen-bond acceptors (Lipinski definition) is 2. The van der Waals surface area contributed by atoms with Gasteiger partial charge in [-0.1, -0.05) is 26.2 Å². The Morgan fingerprint density at radius 1 is 1.33 bits per heavy atom. The van der Waals surface area contributed by atoms with Crippen molar-refractivity contribution in [2.75, 3.05) is 0 Å². The average Bonchev–Trinajstić information content (AvgIpc) is 2.74. The van der Waals surface area contributed by atoms with E-state index in [1.165, 1.54) is 0 Å². The Labute approximate surface area is 109 Å². The van der Waals surface area contributed by atoms with Crippen molar-refractivity contribution in [2.24, 2.45) is 0 Å². The molecule has 18 heavy (non-hydrogen) atoms. The highest BCUT2D eigenvalue weighted by Gasteiger charge is 2.47. The zero-order valence-corrected chi connectivity index (χ0v) is 11.7. The van der Waals surface area contributed by atoms with Crippen LogP contribution in [0, 0.1) is 0 Å². The zero-order chi connectivity index (χ0) is 13.3. The standard InChI is InChI=1S/C14H24N2O2/c1-4-7-11-13(18)16(10(2)12(17)15-11)14(3)8-5-6-9-14/h10-11H,4-9H2,1-3H3,(H,15,17). The Morgan fingerprint density at radius 3 is 2.50 bits per heavy atom. The highest BCUT2D eigenvalue weighted by molar-refractivity contribution is 5.97. The molecule has 0 aromatic carbocycles. The van der Waals surface area contributed by atoms with E-state index in [4.69, 9.17) is 0 Å². The molecule has 2 atom stereocenters. The summed E-state index contributed by atoms with van der Waals surface area (Å²) in [5, 5.41) is 2.86. The van der Waals surface area contributed by atoms with Crippen molar-refractivity contribution in [1.29, 1.82) is 0 Å². The fourth-order valence-electron chi connectivity index (χ4n) is 3.43. The number of nitrogens with one attached hydrogen (secondary N) is 1. The predicted molar refractivity (Wildman–Crippen MR) is 70.0 cm³/mol. The smallest absolute Gasteiger partial charge is 0.246 e. The minimum atomic E-state index is -0.325. The van der Waals surface area contributed by atoms with Crippen LogP contribution in [0.25, 0.3) is 0 Å². The van der Waals surface area contributed by atoms with Crippen LogP contribution in [0.5, 0.6) is 0 Å². The van der Waals surface area contributed by atoms with Crippen LogP contribution in [0.2, 0.25) is 0 Å². The first-order valence-electron chi connectivity index (χ1n) is 7.13.